The summed E-state index contributed by atoms with van der Waals surface area (Å²) in [6, 6.07) is 8.56. The second-order valence-corrected chi connectivity index (χ2v) is 4.74. The zero-order valence-electron chi connectivity index (χ0n) is 11.0. The van der Waals surface area contributed by atoms with Crippen molar-refractivity contribution < 1.29 is 17.3 Å². The number of benzene rings is 2. The van der Waals surface area contributed by atoms with Crippen LogP contribution in [0.1, 0.15) is 0 Å². The lowest BCUT2D eigenvalue weighted by Crippen LogP contribution is -2.36. The van der Waals surface area contributed by atoms with Gasteiger partial charge in [-0.05, 0) is 23.8 Å². The Kier molecular flexibility index (Phi) is 3.24. The lowest BCUT2D eigenvalue weighted by Gasteiger charge is -2.19. The average molecular weight is 307 g/mol. The smallest absolute Gasteiger partial charge is 0.445 e. The molecule has 2 aromatic carbocycles. The highest BCUT2D eigenvalue weighted by atomic mass is 19.4. The maximum absolute atomic E-state index is 13.1. The minimum absolute atomic E-state index is 0.238. The van der Waals surface area contributed by atoms with Crippen molar-refractivity contribution in [3.8, 4) is 11.4 Å². The van der Waals surface area contributed by atoms with Crippen LogP contribution in [0.3, 0.4) is 0 Å². The number of hydrogen-bond donors (Lipinski definition) is 1. The number of para-hydroxylation sites is 1. The van der Waals surface area contributed by atoms with Crippen molar-refractivity contribution in [1.29, 1.82) is 0 Å². The Labute approximate surface area is 121 Å². The molecule has 0 fully saturated rings. The minimum atomic E-state index is -5.44. The zero-order valence-corrected chi connectivity index (χ0v) is 11.0. The third kappa shape index (κ3) is 2.47. The van der Waals surface area contributed by atoms with E-state index in [1.165, 1.54) is 12.1 Å². The topological polar surface area (TPSA) is 45.8 Å². The molecule has 1 aromatic heterocycles. The molecule has 0 aliphatic rings. The minimum Gasteiger partial charge on any atom is -0.445 e. The van der Waals surface area contributed by atoms with Crippen LogP contribution in [0.25, 0.3) is 22.3 Å². The number of hydrogen-bond acceptors (Lipinski definition) is 2. The highest BCUT2D eigenvalue weighted by Gasteiger charge is 2.30. The lowest BCUT2D eigenvalue weighted by molar-refractivity contribution is 0.500. The van der Waals surface area contributed by atoms with Crippen LogP contribution in [-0.2, 0) is 0 Å². The number of halogens is 4. The molecular weight excluding hydrogens is 299 g/mol. The summed E-state index contributed by atoms with van der Waals surface area (Å²) >= 11 is 0. The van der Waals surface area contributed by atoms with Crippen LogP contribution in [0, 0.1) is 5.82 Å². The number of fused-ring (bicyclic) bond motifs is 1. The van der Waals surface area contributed by atoms with E-state index in [0.29, 0.717) is 6.07 Å². The van der Waals surface area contributed by atoms with E-state index >= 15 is 0 Å². The van der Waals surface area contributed by atoms with Crippen molar-refractivity contribution in [3.63, 3.8) is 0 Å². The second kappa shape index (κ2) is 4.97. The Morgan fingerprint density at radius 1 is 1.05 bits per heavy atom. The largest absolute Gasteiger partial charge is 0.510 e. The van der Waals surface area contributed by atoms with Crippen LogP contribution in [0.2, 0.25) is 0 Å². The molecule has 112 valence electrons. The van der Waals surface area contributed by atoms with Crippen LogP contribution >= 0.6 is 0 Å². The van der Waals surface area contributed by atoms with Gasteiger partial charge in [0, 0.05) is 0 Å². The van der Waals surface area contributed by atoms with Gasteiger partial charge in [-0.15, -0.1) is 0 Å². The zero-order chi connectivity index (χ0) is 15.9. The van der Waals surface area contributed by atoms with Gasteiger partial charge in [0.1, 0.15) is 11.6 Å². The molecule has 0 bridgehead atoms. The number of aromatic amines is 1. The average Bonchev–Trinajstić information content (AvgIpc) is 2.46. The van der Waals surface area contributed by atoms with Crippen LogP contribution in [0.4, 0.5) is 17.3 Å². The molecule has 0 aliphatic carbocycles. The van der Waals surface area contributed by atoms with E-state index in [4.69, 9.17) is 0 Å². The third-order valence-corrected chi connectivity index (χ3v) is 3.23. The van der Waals surface area contributed by atoms with Gasteiger partial charge in [0.2, 0.25) is 0 Å². The van der Waals surface area contributed by atoms with E-state index in [2.05, 4.69) is 9.97 Å². The van der Waals surface area contributed by atoms with E-state index in [1.807, 2.05) is 0 Å². The molecule has 1 N–H and O–H groups in total. The van der Waals surface area contributed by atoms with Crippen molar-refractivity contribution in [3.05, 3.63) is 58.6 Å². The molecule has 3 nitrogen and oxygen atoms in total. The normalized spacial score (nSPS) is 11.8. The number of nitrogens with zero attached hydrogens (tertiary/aromatic N) is 1. The summed E-state index contributed by atoms with van der Waals surface area (Å²) in [6.45, 7) is -5.44. The molecule has 1 heterocycles. The first-order valence-electron chi connectivity index (χ1n) is 6.35. The van der Waals surface area contributed by atoms with Gasteiger partial charge in [-0.3, -0.25) is 4.79 Å². The fraction of sp³-hybridized carbons (Fsp3) is 0. The van der Waals surface area contributed by atoms with Gasteiger partial charge in [-0.1, -0.05) is 29.7 Å². The predicted molar refractivity (Wildman–Crippen MR) is 76.5 cm³/mol. The maximum atomic E-state index is 13.1. The molecular formula is C14H8BF4N2O-. The number of H-pyrrole nitrogens is 1. The Bertz CT molecular complexity index is 921. The first-order valence-corrected chi connectivity index (χ1v) is 6.35. The number of rotatable bonds is 2. The summed E-state index contributed by atoms with van der Waals surface area (Å²) in [4.78, 5) is 18.3. The van der Waals surface area contributed by atoms with Gasteiger partial charge in [0.05, 0.1) is 10.9 Å². The first-order chi connectivity index (χ1) is 10.4. The summed E-state index contributed by atoms with van der Waals surface area (Å²) in [7, 11) is 0. The molecule has 8 heteroatoms. The quantitative estimate of drug-likeness (QED) is 0.584. The molecule has 0 saturated heterocycles. The van der Waals surface area contributed by atoms with Crippen molar-refractivity contribution in [2.45, 2.75) is 0 Å². The first kappa shape index (κ1) is 14.3. The van der Waals surface area contributed by atoms with Gasteiger partial charge >= 0.3 is 6.98 Å². The molecule has 0 saturated carbocycles. The van der Waals surface area contributed by atoms with Gasteiger partial charge in [-0.2, -0.15) is 0 Å². The van der Waals surface area contributed by atoms with Crippen LogP contribution in [0.5, 0.6) is 0 Å². The van der Waals surface area contributed by atoms with Crippen LogP contribution in [0.15, 0.2) is 47.3 Å². The van der Waals surface area contributed by atoms with Crippen molar-refractivity contribution in [2.24, 2.45) is 0 Å². The molecule has 0 spiro atoms. The van der Waals surface area contributed by atoms with E-state index < -0.39 is 23.8 Å². The fourth-order valence-electron chi connectivity index (χ4n) is 2.23. The second-order valence-electron chi connectivity index (χ2n) is 4.74. The summed E-state index contributed by atoms with van der Waals surface area (Å²) in [6.07, 6.45) is 0. The Morgan fingerprint density at radius 3 is 2.50 bits per heavy atom. The Balaban J connectivity index is 2.31. The third-order valence-electron chi connectivity index (χ3n) is 3.23. The van der Waals surface area contributed by atoms with Crippen molar-refractivity contribution >= 4 is 23.3 Å². The summed E-state index contributed by atoms with van der Waals surface area (Å²) < 4.78 is 52.5. The van der Waals surface area contributed by atoms with Crippen molar-refractivity contribution in [1.82, 2.24) is 9.97 Å². The van der Waals surface area contributed by atoms with Gasteiger partial charge in [0.15, 0.2) is 0 Å². The SMILES string of the molecule is O=c1[nH]c(-c2ccc(F)cc2[B-](F)(F)F)nc2ccccc12. The molecule has 3 rings (SSSR count). The van der Waals surface area contributed by atoms with Gasteiger partial charge < -0.3 is 17.9 Å². The molecule has 22 heavy (non-hydrogen) atoms. The maximum Gasteiger partial charge on any atom is 0.510 e. The van der Waals surface area contributed by atoms with Crippen LogP contribution in [-0.4, -0.2) is 16.9 Å². The highest BCUT2D eigenvalue weighted by molar-refractivity contribution is 6.74. The monoisotopic (exact) mass is 307 g/mol. The fourth-order valence-corrected chi connectivity index (χ4v) is 2.23. The lowest BCUT2D eigenvalue weighted by atomic mass is 9.76. The molecule has 0 atom stereocenters. The summed E-state index contributed by atoms with van der Waals surface area (Å²) in [5.41, 5.74) is -1.76. The van der Waals surface area contributed by atoms with E-state index in [-0.39, 0.29) is 22.3 Å². The standard InChI is InChI=1S/C14H8BF4N2O/c16-8-5-6-9(11(7-8)15(17,18)19)13-20-12-4-2-1-3-10(12)14(22)21-13/h1-7H,(H,20,21,22)/q-1. The number of aromatic nitrogens is 2. The molecule has 3 aromatic rings. The van der Waals surface area contributed by atoms with E-state index in [0.717, 1.165) is 12.1 Å². The molecule has 0 aliphatic heterocycles. The Morgan fingerprint density at radius 2 is 1.77 bits per heavy atom. The van der Waals surface area contributed by atoms with Gasteiger partial charge in [0.25, 0.3) is 5.56 Å². The molecule has 0 radical (unpaired) electrons. The van der Waals surface area contributed by atoms with E-state index in [1.54, 1.807) is 12.1 Å². The molecule has 0 amide bonds. The number of nitrogens with one attached hydrogen (secondary N) is 1. The Hall–Kier alpha value is -2.64. The summed E-state index contributed by atoms with van der Waals surface area (Å²) in [5, 5.41) is 0.271. The molecule has 0 unspecified atom stereocenters. The van der Waals surface area contributed by atoms with Crippen molar-refractivity contribution in [2.75, 3.05) is 0 Å². The van der Waals surface area contributed by atoms with Gasteiger partial charge in [-0.25, -0.2) is 9.37 Å². The highest BCUT2D eigenvalue weighted by Crippen LogP contribution is 2.21. The summed E-state index contributed by atoms with van der Waals surface area (Å²) in [5.74, 6) is -1.24. The van der Waals surface area contributed by atoms with Crippen LogP contribution < -0.4 is 11.0 Å². The predicted octanol–water partition coefficient (Wildman–Crippen LogP) is 2.78. The van der Waals surface area contributed by atoms with E-state index in [9.17, 15) is 22.1 Å².